The molecule has 0 saturated carbocycles. The van der Waals surface area contributed by atoms with E-state index in [1.807, 2.05) is 0 Å². The molecule has 5 N–H and O–H groups in total. The third kappa shape index (κ3) is 10.4. The average Bonchev–Trinajstić information content (AvgIpc) is 1.97. The van der Waals surface area contributed by atoms with Crippen LogP contribution in [0, 0.1) is 0 Å². The SMILES string of the molecule is O=S(=O)(O)O.Oc1cccc(O)c1O.[KH]. The van der Waals surface area contributed by atoms with Crippen molar-refractivity contribution in [3.8, 4) is 17.2 Å². The van der Waals surface area contributed by atoms with Gasteiger partial charge in [0.05, 0.1) is 0 Å². The van der Waals surface area contributed by atoms with Crippen molar-refractivity contribution in [2.75, 3.05) is 0 Å². The Hall–Kier alpha value is 0.126. The van der Waals surface area contributed by atoms with Crippen molar-refractivity contribution in [3.05, 3.63) is 18.2 Å². The molecule has 1 rings (SSSR count). The zero-order valence-electron chi connectivity index (χ0n) is 6.69. The molecule has 0 fully saturated rings. The van der Waals surface area contributed by atoms with Crippen LogP contribution in [0.4, 0.5) is 0 Å². The van der Waals surface area contributed by atoms with Gasteiger partial charge in [-0.15, -0.1) is 0 Å². The number of hydrogen-bond donors (Lipinski definition) is 5. The Kier molecular flexibility index (Phi) is 8.65. The molecule has 0 spiro atoms. The molecule has 1 aromatic carbocycles. The first-order chi connectivity index (χ1) is 6.22. The van der Waals surface area contributed by atoms with Crippen LogP contribution in [0.1, 0.15) is 0 Å². The molecular formula is C6H9KO7S. The van der Waals surface area contributed by atoms with Crippen LogP contribution < -0.4 is 0 Å². The van der Waals surface area contributed by atoms with Gasteiger partial charge in [0, 0.05) is 0 Å². The van der Waals surface area contributed by atoms with Gasteiger partial charge >= 0.3 is 61.8 Å². The van der Waals surface area contributed by atoms with Crippen LogP contribution in [0.2, 0.25) is 0 Å². The summed E-state index contributed by atoms with van der Waals surface area (Å²) in [5.41, 5.74) is 0. The predicted molar refractivity (Wildman–Crippen MR) is 52.8 cm³/mol. The van der Waals surface area contributed by atoms with E-state index in [1.54, 1.807) is 0 Å². The molecule has 0 saturated heterocycles. The van der Waals surface area contributed by atoms with E-state index in [9.17, 15) is 0 Å². The minimum absolute atomic E-state index is 0. The zero-order valence-corrected chi connectivity index (χ0v) is 7.51. The zero-order chi connectivity index (χ0) is 11.4. The van der Waals surface area contributed by atoms with Crippen LogP contribution >= 0.6 is 0 Å². The first-order valence-corrected chi connectivity index (χ1v) is 4.51. The van der Waals surface area contributed by atoms with E-state index in [1.165, 1.54) is 18.2 Å². The number of para-hydroxylation sites is 1. The summed E-state index contributed by atoms with van der Waals surface area (Å²) in [4.78, 5) is 0. The van der Waals surface area contributed by atoms with E-state index in [4.69, 9.17) is 32.8 Å². The monoisotopic (exact) mass is 264 g/mol. The van der Waals surface area contributed by atoms with Crippen molar-refractivity contribution in [3.63, 3.8) is 0 Å². The van der Waals surface area contributed by atoms with Gasteiger partial charge in [0.25, 0.3) is 0 Å². The van der Waals surface area contributed by atoms with E-state index < -0.39 is 16.1 Å². The fraction of sp³-hybridized carbons (Fsp3) is 0. The molecule has 7 nitrogen and oxygen atoms in total. The molecule has 0 aliphatic rings. The Morgan fingerprint density at radius 2 is 1.20 bits per heavy atom. The molecule has 0 radical (unpaired) electrons. The van der Waals surface area contributed by atoms with Gasteiger partial charge in [-0.3, -0.25) is 9.11 Å². The van der Waals surface area contributed by atoms with Gasteiger partial charge in [-0.2, -0.15) is 8.42 Å². The van der Waals surface area contributed by atoms with Crippen molar-refractivity contribution in [2.45, 2.75) is 0 Å². The minimum atomic E-state index is -4.67. The molecule has 0 aliphatic carbocycles. The summed E-state index contributed by atoms with van der Waals surface area (Å²) in [6.45, 7) is 0. The van der Waals surface area contributed by atoms with Crippen molar-refractivity contribution < 1.29 is 32.8 Å². The molecule has 0 unspecified atom stereocenters. The Labute approximate surface area is 128 Å². The molecule has 15 heavy (non-hydrogen) atoms. The number of hydrogen-bond acceptors (Lipinski definition) is 5. The Balaban J connectivity index is 0. The number of rotatable bonds is 0. The molecule has 9 heteroatoms. The second kappa shape index (κ2) is 7.41. The number of phenolic OH excluding ortho intramolecular Hbond substituents is 3. The molecule has 0 aliphatic heterocycles. The normalized spacial score (nSPS) is 9.47. The summed E-state index contributed by atoms with van der Waals surface area (Å²) in [5.74, 6) is -1.09. The summed E-state index contributed by atoms with van der Waals surface area (Å²) in [6, 6.07) is 4.01. The maximum absolute atomic E-state index is 8.74. The van der Waals surface area contributed by atoms with Gasteiger partial charge < -0.3 is 15.3 Å². The summed E-state index contributed by atoms with van der Waals surface area (Å²) < 4.78 is 31.6. The molecule has 1 aromatic rings. The van der Waals surface area contributed by atoms with Crippen LogP contribution in [0.15, 0.2) is 18.2 Å². The second-order valence-electron chi connectivity index (χ2n) is 2.09. The van der Waals surface area contributed by atoms with Gasteiger partial charge in [-0.05, 0) is 12.1 Å². The van der Waals surface area contributed by atoms with E-state index in [0.29, 0.717) is 0 Å². The maximum atomic E-state index is 8.74. The van der Waals surface area contributed by atoms with Crippen molar-refractivity contribution in [2.24, 2.45) is 0 Å². The first kappa shape index (κ1) is 17.5. The molecule has 0 aromatic heterocycles. The van der Waals surface area contributed by atoms with Crippen molar-refractivity contribution in [1.29, 1.82) is 0 Å². The first-order valence-electron chi connectivity index (χ1n) is 3.11. The third-order valence-electron chi connectivity index (χ3n) is 0.993. The van der Waals surface area contributed by atoms with Crippen molar-refractivity contribution >= 4 is 61.8 Å². The Morgan fingerprint density at radius 3 is 1.40 bits per heavy atom. The fourth-order valence-electron chi connectivity index (χ4n) is 0.519. The fourth-order valence-corrected chi connectivity index (χ4v) is 0.519. The van der Waals surface area contributed by atoms with E-state index in [2.05, 4.69) is 0 Å². The number of aromatic hydroxyl groups is 3. The Bertz CT molecular complexity index is 374. The molecule has 0 amide bonds. The van der Waals surface area contributed by atoms with Gasteiger partial charge in [-0.1, -0.05) is 6.07 Å². The van der Waals surface area contributed by atoms with Gasteiger partial charge in [-0.25, -0.2) is 0 Å². The van der Waals surface area contributed by atoms with Crippen LogP contribution in [0.25, 0.3) is 0 Å². The van der Waals surface area contributed by atoms with Crippen LogP contribution in [0.5, 0.6) is 17.2 Å². The second-order valence-corrected chi connectivity index (χ2v) is 2.99. The summed E-state index contributed by atoms with van der Waals surface area (Å²) in [5, 5.41) is 26.1. The van der Waals surface area contributed by atoms with Gasteiger partial charge in [0.1, 0.15) is 0 Å². The van der Waals surface area contributed by atoms with E-state index in [0.717, 1.165) is 0 Å². The molecule has 0 atom stereocenters. The number of phenols is 3. The van der Waals surface area contributed by atoms with E-state index >= 15 is 0 Å². The van der Waals surface area contributed by atoms with Crippen molar-refractivity contribution in [1.82, 2.24) is 0 Å². The van der Waals surface area contributed by atoms with Crippen LogP contribution in [0.3, 0.4) is 0 Å². The quantitative estimate of drug-likeness (QED) is 0.242. The molecule has 0 heterocycles. The van der Waals surface area contributed by atoms with Gasteiger partial charge in [0.15, 0.2) is 17.2 Å². The number of benzene rings is 1. The third-order valence-corrected chi connectivity index (χ3v) is 0.993. The summed E-state index contributed by atoms with van der Waals surface area (Å²) >= 11 is 0. The predicted octanol–water partition coefficient (Wildman–Crippen LogP) is -0.498. The van der Waals surface area contributed by atoms with E-state index in [-0.39, 0.29) is 62.9 Å². The average molecular weight is 264 g/mol. The molecule has 82 valence electrons. The molecular weight excluding hydrogens is 255 g/mol. The van der Waals surface area contributed by atoms with Crippen LogP contribution in [-0.4, -0.2) is 84.2 Å². The Morgan fingerprint density at radius 1 is 0.933 bits per heavy atom. The summed E-state index contributed by atoms with van der Waals surface area (Å²) in [7, 11) is -4.67. The van der Waals surface area contributed by atoms with Gasteiger partial charge in [0.2, 0.25) is 0 Å². The molecule has 0 bridgehead atoms. The van der Waals surface area contributed by atoms with Crippen LogP contribution in [-0.2, 0) is 10.4 Å². The summed E-state index contributed by atoms with van der Waals surface area (Å²) in [6.07, 6.45) is 0. The topological polar surface area (TPSA) is 135 Å². The standard InChI is InChI=1S/C6H6O3.K.H2O4S.H/c7-4-2-1-3-5(8)6(4)9;;1-5(2,3)4;/h1-3,7-9H;;(H2,1,2,3,4);.